The molecule has 17 heavy (non-hydrogen) atoms. The molecule has 1 fully saturated rings. The molecule has 100 valence electrons. The van der Waals surface area contributed by atoms with Crippen LogP contribution in [-0.2, 0) is 4.79 Å². The van der Waals surface area contributed by atoms with E-state index in [9.17, 15) is 9.59 Å². The van der Waals surface area contributed by atoms with Crippen molar-refractivity contribution in [3.05, 3.63) is 0 Å². The molecule has 0 bridgehead atoms. The van der Waals surface area contributed by atoms with Gasteiger partial charge < -0.3 is 20.9 Å². The van der Waals surface area contributed by atoms with Crippen LogP contribution in [0.15, 0.2) is 0 Å². The van der Waals surface area contributed by atoms with E-state index in [2.05, 4.69) is 5.32 Å². The number of amides is 3. The Morgan fingerprint density at radius 1 is 1.59 bits per heavy atom. The van der Waals surface area contributed by atoms with Crippen molar-refractivity contribution in [3.8, 4) is 0 Å². The van der Waals surface area contributed by atoms with E-state index in [0.717, 1.165) is 0 Å². The molecule has 0 spiro atoms. The Kier molecular flexibility index (Phi) is 3.66. The van der Waals surface area contributed by atoms with Gasteiger partial charge in [-0.1, -0.05) is 0 Å². The second-order valence-electron chi connectivity index (χ2n) is 5.41. The van der Waals surface area contributed by atoms with E-state index in [1.54, 1.807) is 23.9 Å². The summed E-state index contributed by atoms with van der Waals surface area (Å²) in [4.78, 5) is 26.7. The zero-order valence-electron chi connectivity index (χ0n) is 11.2. The fourth-order valence-corrected chi connectivity index (χ4v) is 2.13. The van der Waals surface area contributed by atoms with Gasteiger partial charge in [0.2, 0.25) is 5.91 Å². The standard InChI is InChI=1S/C11H22N4O2.H2/c1-11(2,3)15-6-7(14(5)10(15)17)8(13-4)9(12)16;/h7-8,13H,6H2,1-5H3,(H2,12,16);1H. The fourth-order valence-electron chi connectivity index (χ4n) is 2.13. The molecule has 0 radical (unpaired) electrons. The van der Waals surface area contributed by atoms with E-state index in [4.69, 9.17) is 5.73 Å². The van der Waals surface area contributed by atoms with Crippen LogP contribution in [0, 0.1) is 0 Å². The highest BCUT2D eigenvalue weighted by molar-refractivity contribution is 5.84. The van der Waals surface area contributed by atoms with E-state index in [-0.39, 0.29) is 19.0 Å². The number of carbonyl (C=O) groups is 2. The smallest absolute Gasteiger partial charge is 0.320 e. The summed E-state index contributed by atoms with van der Waals surface area (Å²) in [7, 11) is 3.37. The van der Waals surface area contributed by atoms with Crippen molar-refractivity contribution in [2.75, 3.05) is 20.6 Å². The molecule has 1 saturated heterocycles. The molecule has 3 N–H and O–H groups in total. The molecule has 6 heteroatoms. The van der Waals surface area contributed by atoms with Crippen molar-refractivity contribution >= 4 is 11.9 Å². The molecule has 0 aliphatic carbocycles. The Balaban J connectivity index is 0.00000289. The molecular weight excluding hydrogens is 220 g/mol. The zero-order chi connectivity index (χ0) is 13.4. The number of nitrogens with one attached hydrogen (secondary N) is 1. The summed E-state index contributed by atoms with van der Waals surface area (Å²) < 4.78 is 0. The predicted octanol–water partition coefficient (Wildman–Crippen LogP) is -0.160. The quantitative estimate of drug-likeness (QED) is 0.724. The van der Waals surface area contributed by atoms with Gasteiger partial charge >= 0.3 is 6.03 Å². The van der Waals surface area contributed by atoms with Crippen molar-refractivity contribution in [2.24, 2.45) is 5.73 Å². The topological polar surface area (TPSA) is 78.7 Å². The van der Waals surface area contributed by atoms with E-state index >= 15 is 0 Å². The van der Waals surface area contributed by atoms with Crippen LogP contribution in [0.2, 0.25) is 0 Å². The minimum atomic E-state index is -0.517. The average molecular weight is 244 g/mol. The van der Waals surface area contributed by atoms with Crippen molar-refractivity contribution in [2.45, 2.75) is 38.4 Å². The van der Waals surface area contributed by atoms with Crippen LogP contribution in [0.4, 0.5) is 4.79 Å². The molecule has 3 amide bonds. The van der Waals surface area contributed by atoms with Gasteiger partial charge in [-0.3, -0.25) is 4.79 Å². The van der Waals surface area contributed by atoms with Gasteiger partial charge in [0.25, 0.3) is 0 Å². The molecule has 0 aromatic carbocycles. The van der Waals surface area contributed by atoms with Gasteiger partial charge in [0.1, 0.15) is 6.04 Å². The Morgan fingerprint density at radius 2 is 2.12 bits per heavy atom. The van der Waals surface area contributed by atoms with Gasteiger partial charge in [-0.2, -0.15) is 0 Å². The number of hydrogen-bond donors (Lipinski definition) is 2. The van der Waals surface area contributed by atoms with Crippen molar-refractivity contribution in [3.63, 3.8) is 0 Å². The van der Waals surface area contributed by atoms with E-state index in [1.165, 1.54) is 0 Å². The van der Waals surface area contributed by atoms with Crippen LogP contribution in [0.25, 0.3) is 0 Å². The number of urea groups is 1. The Morgan fingerprint density at radius 3 is 2.41 bits per heavy atom. The van der Waals surface area contributed by atoms with Crippen molar-refractivity contribution < 1.29 is 11.0 Å². The maximum Gasteiger partial charge on any atom is 0.320 e. The lowest BCUT2D eigenvalue weighted by molar-refractivity contribution is -0.121. The lowest BCUT2D eigenvalue weighted by Gasteiger charge is -2.31. The Labute approximate surface area is 104 Å². The number of carbonyl (C=O) groups excluding carboxylic acids is 2. The van der Waals surface area contributed by atoms with Gasteiger partial charge in [-0.05, 0) is 27.8 Å². The molecule has 2 unspecified atom stereocenters. The maximum absolute atomic E-state index is 12.1. The van der Waals surface area contributed by atoms with Gasteiger partial charge in [-0.15, -0.1) is 0 Å². The van der Waals surface area contributed by atoms with Gasteiger partial charge in [0, 0.05) is 20.6 Å². The fraction of sp³-hybridized carbons (Fsp3) is 0.818. The Bertz CT molecular complexity index is 329. The van der Waals surface area contributed by atoms with Crippen molar-refractivity contribution in [1.82, 2.24) is 15.1 Å². The second-order valence-corrected chi connectivity index (χ2v) is 5.41. The SMILES string of the molecule is CNC(C(N)=O)C1CN(C(C)(C)C)C(=O)N1C.[HH]. The molecule has 6 nitrogen and oxygen atoms in total. The lowest BCUT2D eigenvalue weighted by Crippen LogP contribution is -2.53. The number of nitrogens with zero attached hydrogens (tertiary/aromatic N) is 2. The second kappa shape index (κ2) is 4.52. The average Bonchev–Trinajstić information content (AvgIpc) is 2.46. The monoisotopic (exact) mass is 244 g/mol. The molecule has 0 aromatic rings. The lowest BCUT2D eigenvalue weighted by atomic mass is 10.0. The third-order valence-electron chi connectivity index (χ3n) is 3.21. The van der Waals surface area contributed by atoms with Gasteiger partial charge in [0.05, 0.1) is 6.04 Å². The number of rotatable bonds is 3. The van der Waals surface area contributed by atoms with Gasteiger partial charge in [-0.25, -0.2) is 4.79 Å². The highest BCUT2D eigenvalue weighted by atomic mass is 16.2. The number of primary amides is 1. The van der Waals surface area contributed by atoms with Crippen LogP contribution >= 0.6 is 0 Å². The molecular formula is C11H24N4O2. The van der Waals surface area contributed by atoms with Crippen LogP contribution in [0.1, 0.15) is 22.2 Å². The number of hydrogen-bond acceptors (Lipinski definition) is 3. The summed E-state index contributed by atoms with van der Waals surface area (Å²) in [6, 6.07) is -0.801. The third kappa shape index (κ3) is 2.52. The summed E-state index contributed by atoms with van der Waals surface area (Å²) in [6.07, 6.45) is 0. The minimum Gasteiger partial charge on any atom is -0.368 e. The first-order valence-electron chi connectivity index (χ1n) is 5.71. The van der Waals surface area contributed by atoms with Crippen molar-refractivity contribution in [1.29, 1.82) is 0 Å². The van der Waals surface area contributed by atoms with Crippen LogP contribution in [0.3, 0.4) is 0 Å². The molecule has 1 heterocycles. The van der Waals surface area contributed by atoms with E-state index in [1.807, 2.05) is 20.8 Å². The first kappa shape index (κ1) is 13.8. The maximum atomic E-state index is 12.1. The molecule has 2 atom stereocenters. The van der Waals surface area contributed by atoms with Crippen LogP contribution in [0.5, 0.6) is 0 Å². The third-order valence-corrected chi connectivity index (χ3v) is 3.21. The Hall–Kier alpha value is -1.30. The first-order chi connectivity index (χ1) is 7.70. The number of likely N-dealkylation sites (N-methyl/N-ethyl adjacent to an activating group) is 2. The van der Waals surface area contributed by atoms with E-state index in [0.29, 0.717) is 6.54 Å². The first-order valence-corrected chi connectivity index (χ1v) is 5.71. The summed E-state index contributed by atoms with van der Waals surface area (Å²) in [5.74, 6) is -0.437. The van der Waals surface area contributed by atoms with Crippen LogP contribution < -0.4 is 11.1 Å². The summed E-state index contributed by atoms with van der Waals surface area (Å²) in [5, 5.41) is 2.87. The highest BCUT2D eigenvalue weighted by Crippen LogP contribution is 2.24. The zero-order valence-corrected chi connectivity index (χ0v) is 11.2. The molecule has 1 aliphatic heterocycles. The summed E-state index contributed by atoms with van der Waals surface area (Å²) in [6.45, 7) is 6.42. The molecule has 0 saturated carbocycles. The molecule has 1 rings (SSSR count). The normalized spacial score (nSPS) is 23.1. The molecule has 1 aliphatic rings. The summed E-state index contributed by atoms with van der Waals surface area (Å²) in [5.41, 5.74) is 5.08. The number of nitrogens with two attached hydrogens (primary N) is 1. The van der Waals surface area contributed by atoms with E-state index < -0.39 is 11.9 Å². The van der Waals surface area contributed by atoms with Crippen LogP contribution in [-0.4, -0.2) is 60.0 Å². The molecule has 0 aromatic heterocycles. The highest BCUT2D eigenvalue weighted by Gasteiger charge is 2.44. The predicted molar refractivity (Wildman–Crippen MR) is 67.6 cm³/mol. The summed E-state index contributed by atoms with van der Waals surface area (Å²) >= 11 is 0. The van der Waals surface area contributed by atoms with Gasteiger partial charge in [0.15, 0.2) is 0 Å². The largest absolute Gasteiger partial charge is 0.368 e. The minimum absolute atomic E-state index is 0.